The lowest BCUT2D eigenvalue weighted by molar-refractivity contribution is -0.143. The molecule has 0 aliphatic heterocycles. The summed E-state index contributed by atoms with van der Waals surface area (Å²) in [6.07, 6.45) is 0.455. The molecule has 0 aliphatic rings. The highest BCUT2D eigenvalue weighted by Crippen LogP contribution is 2.30. The van der Waals surface area contributed by atoms with Crippen LogP contribution in [0.2, 0.25) is 0 Å². The number of methoxy groups -OCH3 is 1. The van der Waals surface area contributed by atoms with Crippen molar-refractivity contribution in [1.82, 2.24) is 0 Å². The molecule has 0 spiro atoms. The van der Waals surface area contributed by atoms with E-state index in [0.29, 0.717) is 6.42 Å². The van der Waals surface area contributed by atoms with Crippen LogP contribution < -0.4 is 4.74 Å². The second-order valence-electron chi connectivity index (χ2n) is 5.53. The van der Waals surface area contributed by atoms with Crippen molar-refractivity contribution in [2.45, 2.75) is 25.7 Å². The first kappa shape index (κ1) is 15.1. The molecule has 3 nitrogen and oxygen atoms in total. The predicted molar refractivity (Wildman–Crippen MR) is 82.9 cm³/mol. The Bertz CT molecular complexity index is 631. The summed E-state index contributed by atoms with van der Waals surface area (Å²) < 4.78 is 5.13. The molecule has 2 rings (SSSR count). The number of carbonyl (C=O) groups is 1. The Kier molecular flexibility index (Phi) is 4.32. The van der Waals surface area contributed by atoms with Crippen molar-refractivity contribution in [1.29, 1.82) is 0 Å². The zero-order chi connectivity index (χ0) is 15.5. The number of benzene rings is 2. The second kappa shape index (κ2) is 6.00. The number of aryl methyl sites for hydroxylation is 1. The Hall–Kier alpha value is -2.29. The van der Waals surface area contributed by atoms with Crippen molar-refractivity contribution in [3.8, 4) is 5.75 Å². The molecule has 0 heterocycles. The lowest BCUT2D eigenvalue weighted by Crippen LogP contribution is -2.34. The van der Waals surface area contributed by atoms with Crippen LogP contribution in [0.4, 0.5) is 0 Å². The smallest absolute Gasteiger partial charge is 0.314 e. The molecule has 0 saturated heterocycles. The third kappa shape index (κ3) is 3.24. The molecule has 0 saturated carbocycles. The van der Waals surface area contributed by atoms with E-state index < -0.39 is 11.4 Å². The zero-order valence-electron chi connectivity index (χ0n) is 12.6. The number of ether oxygens (including phenoxy) is 1. The lowest BCUT2D eigenvalue weighted by atomic mass is 9.77. The summed E-state index contributed by atoms with van der Waals surface area (Å²) in [5, 5.41) is 9.71. The van der Waals surface area contributed by atoms with Crippen molar-refractivity contribution in [3.63, 3.8) is 0 Å². The predicted octanol–water partition coefficient (Wildman–Crippen LogP) is 3.59. The maximum atomic E-state index is 11.8. The van der Waals surface area contributed by atoms with Gasteiger partial charge in [-0.05, 0) is 43.5 Å². The molecule has 2 aromatic rings. The van der Waals surface area contributed by atoms with Crippen molar-refractivity contribution in [3.05, 3.63) is 65.2 Å². The Morgan fingerprint density at radius 2 is 1.86 bits per heavy atom. The van der Waals surface area contributed by atoms with E-state index in [1.165, 1.54) is 0 Å². The van der Waals surface area contributed by atoms with Crippen LogP contribution in [-0.4, -0.2) is 18.2 Å². The van der Waals surface area contributed by atoms with Crippen molar-refractivity contribution in [2.24, 2.45) is 0 Å². The van der Waals surface area contributed by atoms with Gasteiger partial charge in [0.05, 0.1) is 12.5 Å². The molecule has 1 atom stereocenters. The second-order valence-corrected chi connectivity index (χ2v) is 5.53. The van der Waals surface area contributed by atoms with Gasteiger partial charge in [0.25, 0.3) is 0 Å². The fourth-order valence-corrected chi connectivity index (χ4v) is 2.49. The highest BCUT2D eigenvalue weighted by Gasteiger charge is 2.35. The lowest BCUT2D eigenvalue weighted by Gasteiger charge is -2.26. The topological polar surface area (TPSA) is 46.5 Å². The Labute approximate surface area is 125 Å². The number of carboxylic acids is 1. The first-order chi connectivity index (χ1) is 9.95. The van der Waals surface area contributed by atoms with Crippen molar-refractivity contribution in [2.75, 3.05) is 7.11 Å². The highest BCUT2D eigenvalue weighted by atomic mass is 16.5. The minimum atomic E-state index is -0.958. The van der Waals surface area contributed by atoms with Gasteiger partial charge in [-0.1, -0.05) is 42.0 Å². The van der Waals surface area contributed by atoms with Crippen LogP contribution in [0.3, 0.4) is 0 Å². The minimum absolute atomic E-state index is 0.455. The summed E-state index contributed by atoms with van der Waals surface area (Å²) >= 11 is 0. The molecule has 0 bridgehead atoms. The van der Waals surface area contributed by atoms with Gasteiger partial charge in [0.2, 0.25) is 0 Å². The maximum Gasteiger partial charge on any atom is 0.314 e. The quantitative estimate of drug-likeness (QED) is 0.912. The van der Waals surface area contributed by atoms with E-state index in [-0.39, 0.29) is 0 Å². The minimum Gasteiger partial charge on any atom is -0.497 e. The van der Waals surface area contributed by atoms with E-state index in [1.54, 1.807) is 26.2 Å². The van der Waals surface area contributed by atoms with Crippen molar-refractivity contribution < 1.29 is 14.6 Å². The molecule has 0 aliphatic carbocycles. The average Bonchev–Trinajstić information content (AvgIpc) is 2.47. The standard InChI is InChI=1S/C18H20O3/c1-13-5-4-6-14(11-13)12-18(2,17(19)20)15-7-9-16(21-3)10-8-15/h4-11H,12H2,1-3H3,(H,19,20). The summed E-state index contributed by atoms with van der Waals surface area (Å²) in [7, 11) is 1.60. The molecular weight excluding hydrogens is 264 g/mol. The largest absolute Gasteiger partial charge is 0.497 e. The monoisotopic (exact) mass is 284 g/mol. The SMILES string of the molecule is COc1ccc(C(C)(Cc2cccc(C)c2)C(=O)O)cc1. The van der Waals surface area contributed by atoms with Gasteiger partial charge in [0.1, 0.15) is 5.75 Å². The average molecular weight is 284 g/mol. The van der Waals surface area contributed by atoms with E-state index in [1.807, 2.05) is 43.3 Å². The molecule has 3 heteroatoms. The van der Waals surface area contributed by atoms with Gasteiger partial charge < -0.3 is 9.84 Å². The van der Waals surface area contributed by atoms with Gasteiger partial charge in [0, 0.05) is 0 Å². The third-order valence-electron chi connectivity index (χ3n) is 3.84. The van der Waals surface area contributed by atoms with E-state index >= 15 is 0 Å². The molecule has 0 aromatic heterocycles. The third-order valence-corrected chi connectivity index (χ3v) is 3.84. The van der Waals surface area contributed by atoms with E-state index in [0.717, 1.165) is 22.4 Å². The molecule has 110 valence electrons. The van der Waals surface area contributed by atoms with Crippen LogP contribution in [0.25, 0.3) is 0 Å². The van der Waals surface area contributed by atoms with Crippen LogP contribution in [0, 0.1) is 6.92 Å². The summed E-state index contributed by atoms with van der Waals surface area (Å²) in [5.41, 5.74) is 1.98. The Morgan fingerprint density at radius 1 is 1.19 bits per heavy atom. The van der Waals surface area contributed by atoms with Crippen LogP contribution in [0.15, 0.2) is 48.5 Å². The first-order valence-electron chi connectivity index (χ1n) is 6.89. The number of hydrogen-bond acceptors (Lipinski definition) is 2. The van der Waals surface area contributed by atoms with Crippen LogP contribution in [0.1, 0.15) is 23.6 Å². The maximum absolute atomic E-state index is 11.8. The normalized spacial score (nSPS) is 13.5. The number of carboxylic acid groups (broad SMARTS) is 1. The van der Waals surface area contributed by atoms with E-state index in [9.17, 15) is 9.90 Å². The Balaban J connectivity index is 2.37. The van der Waals surface area contributed by atoms with Gasteiger partial charge in [0.15, 0.2) is 0 Å². The van der Waals surface area contributed by atoms with E-state index in [4.69, 9.17) is 4.74 Å². The first-order valence-corrected chi connectivity index (χ1v) is 6.89. The summed E-state index contributed by atoms with van der Waals surface area (Å²) in [4.78, 5) is 11.8. The number of aliphatic carboxylic acids is 1. The highest BCUT2D eigenvalue weighted by molar-refractivity contribution is 5.81. The molecule has 2 aromatic carbocycles. The fourth-order valence-electron chi connectivity index (χ4n) is 2.49. The number of rotatable bonds is 5. The number of hydrogen-bond donors (Lipinski definition) is 1. The summed E-state index contributed by atoms with van der Waals surface area (Å²) in [6.45, 7) is 3.77. The Morgan fingerprint density at radius 3 is 2.38 bits per heavy atom. The molecule has 0 amide bonds. The molecule has 0 radical (unpaired) electrons. The molecule has 1 N–H and O–H groups in total. The molecular formula is C18H20O3. The molecule has 1 unspecified atom stereocenters. The van der Waals surface area contributed by atoms with Crippen LogP contribution in [0.5, 0.6) is 5.75 Å². The molecule has 0 fully saturated rings. The van der Waals surface area contributed by atoms with E-state index in [2.05, 4.69) is 0 Å². The van der Waals surface area contributed by atoms with Crippen molar-refractivity contribution >= 4 is 5.97 Å². The van der Waals surface area contributed by atoms with Gasteiger partial charge in [-0.25, -0.2) is 0 Å². The van der Waals surface area contributed by atoms with Gasteiger partial charge in [-0.15, -0.1) is 0 Å². The van der Waals surface area contributed by atoms with Gasteiger partial charge in [-0.3, -0.25) is 4.79 Å². The fraction of sp³-hybridized carbons (Fsp3) is 0.278. The van der Waals surface area contributed by atoms with Gasteiger partial charge in [-0.2, -0.15) is 0 Å². The summed E-state index contributed by atoms with van der Waals surface area (Å²) in [5.74, 6) is -0.101. The summed E-state index contributed by atoms with van der Waals surface area (Å²) in [6, 6.07) is 15.2. The zero-order valence-corrected chi connectivity index (χ0v) is 12.6. The van der Waals surface area contributed by atoms with Crippen LogP contribution >= 0.6 is 0 Å². The molecule has 21 heavy (non-hydrogen) atoms. The van der Waals surface area contributed by atoms with Gasteiger partial charge >= 0.3 is 5.97 Å². The van der Waals surface area contributed by atoms with Crippen LogP contribution in [-0.2, 0) is 16.6 Å².